The van der Waals surface area contributed by atoms with Gasteiger partial charge in [0.2, 0.25) is 0 Å². The summed E-state index contributed by atoms with van der Waals surface area (Å²) in [6.45, 7) is 0. The summed E-state index contributed by atoms with van der Waals surface area (Å²) in [5.74, 6) is -0.152. The zero-order chi connectivity index (χ0) is 14.3. The van der Waals surface area contributed by atoms with Gasteiger partial charge in [-0.25, -0.2) is 4.98 Å². The molecule has 100 valence electrons. The number of fused-ring (bicyclic) bond motifs is 1. The number of aromatic nitrogens is 2. The van der Waals surface area contributed by atoms with Crippen LogP contribution < -0.4 is 5.56 Å². The van der Waals surface area contributed by atoms with Crippen molar-refractivity contribution < 1.29 is 5.11 Å². The third kappa shape index (κ3) is 2.03. The summed E-state index contributed by atoms with van der Waals surface area (Å²) in [6, 6.07) is 8.06. The van der Waals surface area contributed by atoms with Gasteiger partial charge in [0, 0.05) is 16.8 Å². The molecule has 0 bridgehead atoms. The van der Waals surface area contributed by atoms with E-state index in [0.29, 0.717) is 26.6 Å². The van der Waals surface area contributed by atoms with Gasteiger partial charge in [0.05, 0.1) is 16.0 Å². The number of nitrogens with one attached hydrogen (secondary N) is 1. The minimum Gasteiger partial charge on any atom is -0.506 e. The summed E-state index contributed by atoms with van der Waals surface area (Å²) >= 11 is 11.9. The lowest BCUT2D eigenvalue weighted by Gasteiger charge is -2.08. The van der Waals surface area contributed by atoms with E-state index in [-0.39, 0.29) is 11.3 Å². The number of hydrogen-bond donors (Lipinski definition) is 2. The smallest absolute Gasteiger partial charge is 0.261 e. The molecule has 1 aromatic carbocycles. The fraction of sp³-hybridized carbons (Fsp3) is 0. The molecule has 2 N–H and O–H groups in total. The van der Waals surface area contributed by atoms with E-state index in [1.54, 1.807) is 24.3 Å². The van der Waals surface area contributed by atoms with Gasteiger partial charge in [-0.2, -0.15) is 0 Å². The zero-order valence-electron chi connectivity index (χ0n) is 10.0. The first kappa shape index (κ1) is 13.0. The maximum Gasteiger partial charge on any atom is 0.261 e. The lowest BCUT2D eigenvalue weighted by Crippen LogP contribution is -2.10. The van der Waals surface area contributed by atoms with E-state index in [2.05, 4.69) is 9.97 Å². The van der Waals surface area contributed by atoms with E-state index in [0.717, 1.165) is 0 Å². The van der Waals surface area contributed by atoms with Crippen LogP contribution in [0.4, 0.5) is 0 Å². The first-order chi connectivity index (χ1) is 9.58. The first-order valence-electron chi connectivity index (χ1n) is 5.73. The number of aromatic amines is 1. The van der Waals surface area contributed by atoms with Gasteiger partial charge in [0.15, 0.2) is 0 Å². The maximum absolute atomic E-state index is 12.1. The van der Waals surface area contributed by atoms with E-state index in [1.807, 2.05) is 0 Å². The Morgan fingerprint density at radius 1 is 1.20 bits per heavy atom. The molecule has 4 nitrogen and oxygen atoms in total. The second-order valence-electron chi connectivity index (χ2n) is 4.20. The minimum atomic E-state index is -0.460. The van der Waals surface area contributed by atoms with Gasteiger partial charge in [0.1, 0.15) is 11.4 Å². The molecule has 3 aromatic rings. The van der Waals surface area contributed by atoms with Crippen LogP contribution in [-0.4, -0.2) is 15.1 Å². The normalized spacial score (nSPS) is 10.9. The number of H-pyrrole nitrogens is 1. The number of nitrogens with zero attached hydrogens (tertiary/aromatic N) is 1. The van der Waals surface area contributed by atoms with Crippen LogP contribution in [0.25, 0.3) is 22.2 Å². The van der Waals surface area contributed by atoms with Crippen molar-refractivity contribution in [1.29, 1.82) is 0 Å². The van der Waals surface area contributed by atoms with Gasteiger partial charge in [-0.3, -0.25) is 4.79 Å². The van der Waals surface area contributed by atoms with Crippen molar-refractivity contribution in [2.24, 2.45) is 0 Å². The first-order valence-corrected chi connectivity index (χ1v) is 6.49. The Kier molecular flexibility index (Phi) is 3.12. The number of benzene rings is 1. The monoisotopic (exact) mass is 306 g/mol. The molecule has 2 aromatic heterocycles. The van der Waals surface area contributed by atoms with Gasteiger partial charge in [-0.15, -0.1) is 0 Å². The largest absolute Gasteiger partial charge is 0.506 e. The molecule has 2 heterocycles. The van der Waals surface area contributed by atoms with Crippen LogP contribution in [0.15, 0.2) is 41.3 Å². The van der Waals surface area contributed by atoms with Crippen LogP contribution >= 0.6 is 23.2 Å². The van der Waals surface area contributed by atoms with Crippen LogP contribution in [0.5, 0.6) is 5.75 Å². The molecular weight excluding hydrogens is 299 g/mol. The number of pyridine rings is 2. The molecule has 0 spiro atoms. The second kappa shape index (κ2) is 4.81. The van der Waals surface area contributed by atoms with Crippen LogP contribution in [0.3, 0.4) is 0 Å². The average molecular weight is 307 g/mol. The Bertz CT molecular complexity index is 875. The molecule has 0 aliphatic rings. The van der Waals surface area contributed by atoms with Gasteiger partial charge < -0.3 is 10.1 Å². The van der Waals surface area contributed by atoms with Gasteiger partial charge in [-0.05, 0) is 24.3 Å². The Morgan fingerprint density at radius 3 is 2.75 bits per heavy atom. The Balaban J connectivity index is 2.39. The van der Waals surface area contributed by atoms with Crippen molar-refractivity contribution in [3.8, 4) is 16.9 Å². The molecular formula is C14H8Cl2N2O2. The second-order valence-corrected chi connectivity index (χ2v) is 5.05. The standard InChI is InChI=1S/C14H8Cl2N2O2/c15-7-3-4-8(10(16)6-7)11-12(19)9-2-1-5-17-13(9)18-14(11)20/h1-6H,(H2,17,18,19,20). The number of hydrogen-bond acceptors (Lipinski definition) is 3. The van der Waals surface area contributed by atoms with Crippen LogP contribution in [0, 0.1) is 0 Å². The van der Waals surface area contributed by atoms with E-state index in [4.69, 9.17) is 23.2 Å². The topological polar surface area (TPSA) is 66.0 Å². The summed E-state index contributed by atoms with van der Waals surface area (Å²) < 4.78 is 0. The summed E-state index contributed by atoms with van der Waals surface area (Å²) in [6.07, 6.45) is 1.53. The predicted octanol–water partition coefficient (Wildman–Crippen LogP) is 3.60. The fourth-order valence-corrected chi connectivity index (χ4v) is 2.55. The van der Waals surface area contributed by atoms with Gasteiger partial charge >= 0.3 is 0 Å². The maximum atomic E-state index is 12.1. The van der Waals surface area contributed by atoms with Crippen LogP contribution in [-0.2, 0) is 0 Å². The lowest BCUT2D eigenvalue weighted by molar-refractivity contribution is 0.482. The number of aromatic hydroxyl groups is 1. The molecule has 0 saturated heterocycles. The van der Waals surface area contributed by atoms with E-state index < -0.39 is 5.56 Å². The van der Waals surface area contributed by atoms with Crippen LogP contribution in [0.1, 0.15) is 0 Å². The highest BCUT2D eigenvalue weighted by Gasteiger charge is 2.16. The highest BCUT2D eigenvalue weighted by atomic mass is 35.5. The number of halogens is 2. The van der Waals surface area contributed by atoms with Crippen molar-refractivity contribution in [3.05, 3.63) is 56.9 Å². The zero-order valence-corrected chi connectivity index (χ0v) is 11.5. The SMILES string of the molecule is O=c1[nH]c2ncccc2c(O)c1-c1ccc(Cl)cc1Cl. The molecule has 3 rings (SSSR count). The highest BCUT2D eigenvalue weighted by Crippen LogP contribution is 2.36. The quantitative estimate of drug-likeness (QED) is 0.722. The van der Waals surface area contributed by atoms with Crippen molar-refractivity contribution in [1.82, 2.24) is 9.97 Å². The summed E-state index contributed by atoms with van der Waals surface area (Å²) in [5.41, 5.74) is 0.384. The molecule has 0 amide bonds. The highest BCUT2D eigenvalue weighted by molar-refractivity contribution is 6.36. The molecule has 0 fully saturated rings. The lowest BCUT2D eigenvalue weighted by atomic mass is 10.0. The van der Waals surface area contributed by atoms with Gasteiger partial charge in [0.25, 0.3) is 5.56 Å². The van der Waals surface area contributed by atoms with E-state index >= 15 is 0 Å². The molecule has 0 aliphatic heterocycles. The molecule has 6 heteroatoms. The van der Waals surface area contributed by atoms with Crippen molar-refractivity contribution in [2.45, 2.75) is 0 Å². The third-order valence-corrected chi connectivity index (χ3v) is 3.51. The molecule has 20 heavy (non-hydrogen) atoms. The van der Waals surface area contributed by atoms with E-state index in [9.17, 15) is 9.90 Å². The summed E-state index contributed by atoms with van der Waals surface area (Å²) in [7, 11) is 0. The van der Waals surface area contributed by atoms with E-state index in [1.165, 1.54) is 12.3 Å². The molecule has 0 radical (unpaired) electrons. The summed E-state index contributed by atoms with van der Waals surface area (Å²) in [4.78, 5) is 18.8. The average Bonchev–Trinajstić information content (AvgIpc) is 2.41. The third-order valence-electron chi connectivity index (χ3n) is 2.96. The minimum absolute atomic E-state index is 0.104. The molecule has 0 aliphatic carbocycles. The van der Waals surface area contributed by atoms with Gasteiger partial charge in [-0.1, -0.05) is 29.3 Å². The molecule has 0 saturated carbocycles. The predicted molar refractivity (Wildman–Crippen MR) is 79.5 cm³/mol. The Morgan fingerprint density at radius 2 is 2.00 bits per heavy atom. The van der Waals surface area contributed by atoms with Crippen molar-refractivity contribution >= 4 is 34.2 Å². The number of rotatable bonds is 1. The Labute approximate surface area is 123 Å². The molecule has 0 atom stereocenters. The van der Waals surface area contributed by atoms with Crippen molar-refractivity contribution in [2.75, 3.05) is 0 Å². The van der Waals surface area contributed by atoms with Crippen LogP contribution in [0.2, 0.25) is 10.0 Å². The molecule has 0 unspecified atom stereocenters. The fourth-order valence-electron chi connectivity index (χ4n) is 2.05. The van der Waals surface area contributed by atoms with Crippen molar-refractivity contribution in [3.63, 3.8) is 0 Å². The Hall–Kier alpha value is -2.04. The summed E-state index contributed by atoms with van der Waals surface area (Å²) in [5, 5.41) is 11.5.